The van der Waals surface area contributed by atoms with Crippen molar-refractivity contribution in [1.29, 1.82) is 0 Å². The molecule has 1 unspecified atom stereocenters. The summed E-state index contributed by atoms with van der Waals surface area (Å²) in [5.74, 6) is -1.44. The summed E-state index contributed by atoms with van der Waals surface area (Å²) in [4.78, 5) is 21.1. The lowest BCUT2D eigenvalue weighted by atomic mass is 10.3. The predicted molar refractivity (Wildman–Crippen MR) is 46.3 cm³/mol. The van der Waals surface area contributed by atoms with Crippen molar-refractivity contribution in [2.75, 3.05) is 13.2 Å². The van der Waals surface area contributed by atoms with E-state index in [1.807, 2.05) is 0 Å². The Hall–Kier alpha value is -1.36. The zero-order valence-electron chi connectivity index (χ0n) is 7.45. The molecule has 0 spiro atoms. The summed E-state index contributed by atoms with van der Waals surface area (Å²) < 4.78 is 4.72. The third-order valence-electron chi connectivity index (χ3n) is 1.25. The molecule has 0 aliphatic heterocycles. The van der Waals surface area contributed by atoms with Crippen molar-refractivity contribution in [3.05, 3.63) is 12.7 Å². The third-order valence-corrected chi connectivity index (χ3v) is 1.25. The number of amides is 1. The molecule has 2 N–H and O–H groups in total. The molecule has 0 fully saturated rings. The molecule has 0 saturated carbocycles. The monoisotopic (exact) mass is 187 g/mol. The topological polar surface area (TPSA) is 75.6 Å². The van der Waals surface area contributed by atoms with Gasteiger partial charge in [-0.3, -0.25) is 4.79 Å². The number of hydrogen-bond donors (Lipinski definition) is 2. The fourth-order valence-electron chi connectivity index (χ4n) is 0.588. The van der Waals surface area contributed by atoms with E-state index in [2.05, 4.69) is 11.9 Å². The van der Waals surface area contributed by atoms with Crippen LogP contribution in [0.2, 0.25) is 0 Å². The van der Waals surface area contributed by atoms with Crippen LogP contribution >= 0.6 is 0 Å². The van der Waals surface area contributed by atoms with Gasteiger partial charge in [0, 0.05) is 6.54 Å². The predicted octanol–water partition coefficient (Wildman–Crippen LogP) is -0.222. The molecule has 74 valence electrons. The van der Waals surface area contributed by atoms with Crippen LogP contribution in [0, 0.1) is 0 Å². The van der Waals surface area contributed by atoms with Gasteiger partial charge in [-0.15, -0.1) is 6.58 Å². The second kappa shape index (κ2) is 6.19. The first-order chi connectivity index (χ1) is 6.07. The molecule has 0 heterocycles. The number of ether oxygens (including phenoxy) is 1. The molecule has 5 heteroatoms. The summed E-state index contributed by atoms with van der Waals surface area (Å²) in [6, 6.07) is 0. The summed E-state index contributed by atoms with van der Waals surface area (Å²) in [6.07, 6.45) is 0.776. The van der Waals surface area contributed by atoms with E-state index in [9.17, 15) is 9.59 Å². The molecule has 0 aliphatic rings. The number of aliphatic carboxylic acids is 1. The second-order valence-corrected chi connectivity index (χ2v) is 2.38. The molecule has 0 aliphatic carbocycles. The number of hydrogen-bond acceptors (Lipinski definition) is 3. The van der Waals surface area contributed by atoms with Crippen molar-refractivity contribution in [1.82, 2.24) is 5.32 Å². The van der Waals surface area contributed by atoms with Crippen LogP contribution in [-0.2, 0) is 14.3 Å². The highest BCUT2D eigenvalue weighted by atomic mass is 16.5. The fourth-order valence-corrected chi connectivity index (χ4v) is 0.588. The molecule has 0 aromatic rings. The van der Waals surface area contributed by atoms with Gasteiger partial charge in [0.1, 0.15) is 12.7 Å². The Morgan fingerprint density at radius 3 is 2.77 bits per heavy atom. The van der Waals surface area contributed by atoms with Gasteiger partial charge < -0.3 is 15.2 Å². The van der Waals surface area contributed by atoms with Gasteiger partial charge in [-0.05, 0) is 6.92 Å². The lowest BCUT2D eigenvalue weighted by Gasteiger charge is -2.10. The molecular formula is C8H13NO4. The van der Waals surface area contributed by atoms with E-state index >= 15 is 0 Å². The van der Waals surface area contributed by atoms with Crippen LogP contribution in [0.4, 0.5) is 0 Å². The van der Waals surface area contributed by atoms with Crippen LogP contribution < -0.4 is 5.32 Å². The summed E-state index contributed by atoms with van der Waals surface area (Å²) in [5, 5.41) is 10.7. The number of carbonyl (C=O) groups excluding carboxylic acids is 1. The van der Waals surface area contributed by atoms with Gasteiger partial charge >= 0.3 is 5.97 Å². The molecule has 0 saturated heterocycles. The van der Waals surface area contributed by atoms with Crippen LogP contribution in [-0.4, -0.2) is 36.2 Å². The second-order valence-electron chi connectivity index (χ2n) is 2.38. The molecular weight excluding hydrogens is 174 g/mol. The van der Waals surface area contributed by atoms with E-state index in [1.165, 1.54) is 13.0 Å². The lowest BCUT2D eigenvalue weighted by molar-refractivity contribution is -0.147. The van der Waals surface area contributed by atoms with E-state index in [0.717, 1.165) is 0 Å². The largest absolute Gasteiger partial charge is 0.480 e. The van der Waals surface area contributed by atoms with E-state index in [-0.39, 0.29) is 5.91 Å². The molecule has 0 rings (SSSR count). The Kier molecular flexibility index (Phi) is 5.54. The van der Waals surface area contributed by atoms with Crippen molar-refractivity contribution in [3.63, 3.8) is 0 Å². The van der Waals surface area contributed by atoms with Gasteiger partial charge in [0.2, 0.25) is 5.91 Å². The molecule has 0 bridgehead atoms. The quantitative estimate of drug-likeness (QED) is 0.563. The zero-order valence-corrected chi connectivity index (χ0v) is 7.45. The van der Waals surface area contributed by atoms with Crippen molar-refractivity contribution >= 4 is 11.9 Å². The van der Waals surface area contributed by atoms with Crippen LogP contribution in [0.5, 0.6) is 0 Å². The van der Waals surface area contributed by atoms with Crippen LogP contribution in [0.15, 0.2) is 12.7 Å². The molecule has 1 amide bonds. The highest BCUT2D eigenvalue weighted by Crippen LogP contribution is 1.89. The highest BCUT2D eigenvalue weighted by molar-refractivity contribution is 5.80. The van der Waals surface area contributed by atoms with Gasteiger partial charge in [-0.2, -0.15) is 0 Å². The third kappa shape index (κ3) is 5.86. The summed E-state index contributed by atoms with van der Waals surface area (Å²) in [7, 11) is 0. The number of carboxylic acids is 1. The van der Waals surface area contributed by atoms with Crippen molar-refractivity contribution in [3.8, 4) is 0 Å². The summed E-state index contributed by atoms with van der Waals surface area (Å²) in [5.41, 5.74) is 0. The maximum Gasteiger partial charge on any atom is 0.329 e. The average Bonchev–Trinajstić information content (AvgIpc) is 2.10. The highest BCUT2D eigenvalue weighted by Gasteiger charge is 2.13. The first-order valence-corrected chi connectivity index (χ1v) is 3.80. The first kappa shape index (κ1) is 11.6. The van der Waals surface area contributed by atoms with E-state index < -0.39 is 18.7 Å². The van der Waals surface area contributed by atoms with Crippen molar-refractivity contribution in [2.24, 2.45) is 0 Å². The summed E-state index contributed by atoms with van der Waals surface area (Å²) in [6.45, 7) is 4.78. The minimum Gasteiger partial charge on any atom is -0.480 e. The molecule has 0 aromatic heterocycles. The number of nitrogens with one attached hydrogen (secondary N) is 1. The van der Waals surface area contributed by atoms with Crippen molar-refractivity contribution < 1.29 is 19.4 Å². The first-order valence-electron chi connectivity index (χ1n) is 3.80. The lowest BCUT2D eigenvalue weighted by Crippen LogP contribution is -2.35. The molecule has 5 nitrogen and oxygen atoms in total. The maximum absolute atomic E-state index is 11.0. The van der Waals surface area contributed by atoms with Gasteiger partial charge in [0.25, 0.3) is 0 Å². The van der Waals surface area contributed by atoms with Crippen LogP contribution in [0.3, 0.4) is 0 Å². The smallest absolute Gasteiger partial charge is 0.329 e. The average molecular weight is 187 g/mol. The van der Waals surface area contributed by atoms with Crippen LogP contribution in [0.1, 0.15) is 6.92 Å². The van der Waals surface area contributed by atoms with E-state index in [0.29, 0.717) is 6.54 Å². The Morgan fingerprint density at radius 1 is 1.69 bits per heavy atom. The zero-order chi connectivity index (χ0) is 10.3. The molecule has 0 radical (unpaired) electrons. The standard InChI is InChI=1S/C8H13NO4/c1-3-4-9-8(12)6(2)13-5-7(10)11/h3,6H,1,4-5H2,2H3,(H,9,12)(H,10,11). The molecule has 0 aromatic carbocycles. The van der Waals surface area contributed by atoms with E-state index in [1.54, 1.807) is 0 Å². The maximum atomic E-state index is 11.0. The Bertz CT molecular complexity index is 202. The van der Waals surface area contributed by atoms with Gasteiger partial charge in [-0.25, -0.2) is 4.79 Å². The number of carbonyl (C=O) groups is 2. The van der Waals surface area contributed by atoms with Crippen molar-refractivity contribution in [2.45, 2.75) is 13.0 Å². The summed E-state index contributed by atoms with van der Waals surface area (Å²) >= 11 is 0. The Morgan fingerprint density at radius 2 is 2.31 bits per heavy atom. The minimum absolute atomic E-state index is 0.346. The number of carboxylic acid groups (broad SMARTS) is 1. The Balaban J connectivity index is 3.68. The minimum atomic E-state index is -1.09. The fraction of sp³-hybridized carbons (Fsp3) is 0.500. The van der Waals surface area contributed by atoms with Gasteiger partial charge in [-0.1, -0.05) is 6.08 Å². The SMILES string of the molecule is C=CCNC(=O)C(C)OCC(=O)O. The molecule has 1 atom stereocenters. The number of rotatable bonds is 6. The van der Waals surface area contributed by atoms with Crippen LogP contribution in [0.25, 0.3) is 0 Å². The normalized spacial score (nSPS) is 11.8. The molecule has 13 heavy (non-hydrogen) atoms. The Labute approximate surface area is 76.4 Å². The van der Waals surface area contributed by atoms with E-state index in [4.69, 9.17) is 9.84 Å². The van der Waals surface area contributed by atoms with Gasteiger partial charge in [0.15, 0.2) is 0 Å². The van der Waals surface area contributed by atoms with Gasteiger partial charge in [0.05, 0.1) is 0 Å².